The first-order chi connectivity index (χ1) is 8.32. The van der Waals surface area contributed by atoms with Crippen LogP contribution in [0.4, 0.5) is 0 Å². The fraction of sp³-hybridized carbons (Fsp3) is 0.929. The van der Waals surface area contributed by atoms with Crippen LogP contribution >= 0.6 is 24.0 Å². The Hall–Kier alpha value is 0. The molecule has 3 aliphatic carbocycles. The molecule has 0 heterocycles. The summed E-state index contributed by atoms with van der Waals surface area (Å²) in [5.41, 5.74) is 0.603. The largest absolute Gasteiger partial charge is 0.357 e. The highest BCUT2D eigenvalue weighted by atomic mass is 127. The van der Waals surface area contributed by atoms with E-state index in [1.54, 1.807) is 0 Å². The topological polar surface area (TPSA) is 36.4 Å². The van der Waals surface area contributed by atoms with Crippen molar-refractivity contribution in [3.8, 4) is 0 Å². The minimum absolute atomic E-state index is 0. The van der Waals surface area contributed by atoms with Crippen molar-refractivity contribution in [2.24, 2.45) is 16.3 Å². The molecule has 3 aliphatic rings. The molecule has 104 valence electrons. The van der Waals surface area contributed by atoms with Crippen LogP contribution in [0.1, 0.15) is 51.9 Å². The molecule has 0 radical (unpaired) electrons. The molecule has 0 spiro atoms. The van der Waals surface area contributed by atoms with Gasteiger partial charge >= 0.3 is 0 Å². The monoisotopic (exact) mass is 363 g/mol. The number of aliphatic imine (C=N–C) groups is 1. The zero-order valence-electron chi connectivity index (χ0n) is 11.4. The SMILES string of the molecule is CCNC(=NCC1(C2CC2)CCC1)NC1CC1.I. The van der Waals surface area contributed by atoms with Crippen LogP contribution in [-0.2, 0) is 0 Å². The fourth-order valence-corrected chi connectivity index (χ4v) is 3.00. The van der Waals surface area contributed by atoms with E-state index in [9.17, 15) is 0 Å². The number of hydrogen-bond acceptors (Lipinski definition) is 1. The Morgan fingerprint density at radius 3 is 2.39 bits per heavy atom. The van der Waals surface area contributed by atoms with Crippen LogP contribution in [0.25, 0.3) is 0 Å². The van der Waals surface area contributed by atoms with E-state index in [1.807, 2.05) is 0 Å². The summed E-state index contributed by atoms with van der Waals surface area (Å²) in [6.45, 7) is 4.17. The minimum atomic E-state index is 0. The molecule has 18 heavy (non-hydrogen) atoms. The maximum absolute atomic E-state index is 4.84. The van der Waals surface area contributed by atoms with E-state index in [1.165, 1.54) is 44.9 Å². The average molecular weight is 363 g/mol. The Kier molecular flexibility index (Phi) is 4.78. The Morgan fingerprint density at radius 1 is 1.22 bits per heavy atom. The molecule has 0 aliphatic heterocycles. The molecule has 0 bridgehead atoms. The summed E-state index contributed by atoms with van der Waals surface area (Å²) in [5, 5.41) is 6.88. The molecule has 3 saturated carbocycles. The molecule has 3 fully saturated rings. The van der Waals surface area contributed by atoms with Gasteiger partial charge in [0.1, 0.15) is 0 Å². The fourth-order valence-electron chi connectivity index (χ4n) is 3.00. The number of nitrogens with zero attached hydrogens (tertiary/aromatic N) is 1. The molecule has 4 heteroatoms. The Bertz CT molecular complexity index is 304. The summed E-state index contributed by atoms with van der Waals surface area (Å²) in [5.74, 6) is 2.06. The van der Waals surface area contributed by atoms with Crippen LogP contribution in [-0.4, -0.2) is 25.1 Å². The van der Waals surface area contributed by atoms with Gasteiger partial charge in [0, 0.05) is 19.1 Å². The zero-order valence-corrected chi connectivity index (χ0v) is 13.7. The van der Waals surface area contributed by atoms with Crippen LogP contribution in [0.15, 0.2) is 4.99 Å². The molecule has 3 nitrogen and oxygen atoms in total. The summed E-state index contributed by atoms with van der Waals surface area (Å²) in [7, 11) is 0. The van der Waals surface area contributed by atoms with Gasteiger partial charge in [-0.15, -0.1) is 24.0 Å². The zero-order chi connectivity index (χ0) is 11.7. The maximum Gasteiger partial charge on any atom is 0.191 e. The lowest BCUT2D eigenvalue weighted by Crippen LogP contribution is -2.41. The predicted octanol–water partition coefficient (Wildman–Crippen LogP) is 2.90. The highest BCUT2D eigenvalue weighted by Crippen LogP contribution is 2.57. The summed E-state index contributed by atoms with van der Waals surface area (Å²) < 4.78 is 0. The van der Waals surface area contributed by atoms with Gasteiger partial charge in [0.25, 0.3) is 0 Å². The molecule has 0 unspecified atom stereocenters. The van der Waals surface area contributed by atoms with Gasteiger partial charge in [-0.1, -0.05) is 6.42 Å². The van der Waals surface area contributed by atoms with E-state index in [0.717, 1.165) is 25.0 Å². The van der Waals surface area contributed by atoms with E-state index in [0.29, 0.717) is 11.5 Å². The van der Waals surface area contributed by atoms with Gasteiger partial charge < -0.3 is 10.6 Å². The lowest BCUT2D eigenvalue weighted by atomic mass is 9.65. The second-order valence-electron chi connectivity index (χ2n) is 6.10. The van der Waals surface area contributed by atoms with Crippen molar-refractivity contribution in [2.75, 3.05) is 13.1 Å². The van der Waals surface area contributed by atoms with Gasteiger partial charge in [0.15, 0.2) is 5.96 Å². The summed E-state index contributed by atoms with van der Waals surface area (Å²) in [4.78, 5) is 4.84. The molecule has 0 aromatic heterocycles. The van der Waals surface area contributed by atoms with E-state index in [-0.39, 0.29) is 24.0 Å². The van der Waals surface area contributed by atoms with Gasteiger partial charge in [0.05, 0.1) is 0 Å². The van der Waals surface area contributed by atoms with Crippen molar-refractivity contribution < 1.29 is 0 Å². The Labute approximate surface area is 128 Å². The van der Waals surface area contributed by atoms with Crippen molar-refractivity contribution in [1.82, 2.24) is 10.6 Å². The Balaban J connectivity index is 0.00000120. The molecule has 3 rings (SSSR count). The van der Waals surface area contributed by atoms with Crippen LogP contribution in [0.3, 0.4) is 0 Å². The van der Waals surface area contributed by atoms with Crippen LogP contribution in [0.5, 0.6) is 0 Å². The summed E-state index contributed by atoms with van der Waals surface area (Å²) in [6.07, 6.45) is 9.83. The molecule has 0 aromatic rings. The standard InChI is InChI=1S/C14H25N3.HI/c1-2-15-13(17-12-6-7-12)16-10-14(8-3-9-14)11-4-5-11;/h11-12H,2-10H2,1H3,(H2,15,16,17);1H. The number of guanidine groups is 1. The molecule has 0 aromatic carbocycles. The molecular formula is C14H26IN3. The van der Waals surface area contributed by atoms with Crippen molar-refractivity contribution in [3.63, 3.8) is 0 Å². The van der Waals surface area contributed by atoms with Gasteiger partial charge in [-0.2, -0.15) is 0 Å². The van der Waals surface area contributed by atoms with Crippen LogP contribution in [0.2, 0.25) is 0 Å². The summed E-state index contributed by atoms with van der Waals surface area (Å²) in [6, 6.07) is 0.700. The Morgan fingerprint density at radius 2 is 1.94 bits per heavy atom. The van der Waals surface area contributed by atoms with Crippen molar-refractivity contribution in [1.29, 1.82) is 0 Å². The van der Waals surface area contributed by atoms with Crippen molar-refractivity contribution >= 4 is 29.9 Å². The first-order valence-corrected chi connectivity index (χ1v) is 7.37. The van der Waals surface area contributed by atoms with Crippen molar-refractivity contribution in [3.05, 3.63) is 0 Å². The summed E-state index contributed by atoms with van der Waals surface area (Å²) >= 11 is 0. The normalized spacial score (nSPS) is 25.9. The number of halogens is 1. The minimum Gasteiger partial charge on any atom is -0.357 e. The van der Waals surface area contributed by atoms with Crippen LogP contribution in [0, 0.1) is 11.3 Å². The molecule has 0 amide bonds. The first kappa shape index (κ1) is 14.4. The number of rotatable bonds is 5. The number of nitrogens with one attached hydrogen (secondary N) is 2. The predicted molar refractivity (Wildman–Crippen MR) is 86.6 cm³/mol. The second kappa shape index (κ2) is 5.97. The third kappa shape index (κ3) is 3.31. The molecule has 0 saturated heterocycles. The quantitative estimate of drug-likeness (QED) is 0.448. The lowest BCUT2D eigenvalue weighted by Gasteiger charge is -2.41. The van der Waals surface area contributed by atoms with Crippen molar-refractivity contribution in [2.45, 2.75) is 57.9 Å². The molecular weight excluding hydrogens is 337 g/mol. The van der Waals surface area contributed by atoms with Gasteiger partial charge in [0.2, 0.25) is 0 Å². The highest BCUT2D eigenvalue weighted by molar-refractivity contribution is 14.0. The third-order valence-corrected chi connectivity index (χ3v) is 4.61. The smallest absolute Gasteiger partial charge is 0.191 e. The third-order valence-electron chi connectivity index (χ3n) is 4.61. The lowest BCUT2D eigenvalue weighted by molar-refractivity contribution is 0.113. The maximum atomic E-state index is 4.84. The first-order valence-electron chi connectivity index (χ1n) is 7.37. The van der Waals surface area contributed by atoms with E-state index in [4.69, 9.17) is 4.99 Å². The van der Waals surface area contributed by atoms with Gasteiger partial charge in [-0.25, -0.2) is 0 Å². The molecule has 0 atom stereocenters. The molecule has 2 N–H and O–H groups in total. The van der Waals surface area contributed by atoms with E-state index in [2.05, 4.69) is 17.6 Å². The van der Waals surface area contributed by atoms with Gasteiger partial charge in [-0.3, -0.25) is 4.99 Å². The highest BCUT2D eigenvalue weighted by Gasteiger charge is 2.48. The van der Waals surface area contributed by atoms with E-state index < -0.39 is 0 Å². The van der Waals surface area contributed by atoms with Gasteiger partial charge in [-0.05, 0) is 56.8 Å². The van der Waals surface area contributed by atoms with Crippen LogP contribution < -0.4 is 10.6 Å². The average Bonchev–Trinajstić information content (AvgIpc) is 3.10. The second-order valence-corrected chi connectivity index (χ2v) is 6.10. The van der Waals surface area contributed by atoms with E-state index >= 15 is 0 Å². The number of hydrogen-bond donors (Lipinski definition) is 2.